The molecule has 3 nitrogen and oxygen atoms in total. The number of rotatable bonds is 9. The lowest BCUT2D eigenvalue weighted by Gasteiger charge is -2.32. The molecular formula is C32H40N2O. The first kappa shape index (κ1) is 25.0. The molecule has 3 heteroatoms. The first-order valence-corrected chi connectivity index (χ1v) is 13.0. The van der Waals surface area contributed by atoms with E-state index in [9.17, 15) is 4.79 Å². The summed E-state index contributed by atoms with van der Waals surface area (Å²) < 4.78 is 0. The number of anilines is 2. The van der Waals surface area contributed by atoms with Crippen LogP contribution in [0.2, 0.25) is 0 Å². The van der Waals surface area contributed by atoms with Gasteiger partial charge in [-0.25, -0.2) is 0 Å². The Hall–Kier alpha value is -3.07. The molecule has 1 atom stereocenters. The van der Waals surface area contributed by atoms with Crippen molar-refractivity contribution in [2.24, 2.45) is 0 Å². The molecule has 0 N–H and O–H groups in total. The zero-order chi connectivity index (χ0) is 25.1. The van der Waals surface area contributed by atoms with Crippen LogP contribution < -0.4 is 9.80 Å². The Kier molecular flexibility index (Phi) is 7.35. The summed E-state index contributed by atoms with van der Waals surface area (Å²) in [6.45, 7) is 10.3. The summed E-state index contributed by atoms with van der Waals surface area (Å²) in [6, 6.07) is 17.8. The van der Waals surface area contributed by atoms with Crippen molar-refractivity contribution < 1.29 is 4.79 Å². The van der Waals surface area contributed by atoms with Crippen molar-refractivity contribution in [3.8, 4) is 0 Å². The molecule has 1 unspecified atom stereocenters. The predicted octanol–water partition coefficient (Wildman–Crippen LogP) is 7.34. The number of fused-ring (bicyclic) bond motifs is 2. The van der Waals surface area contributed by atoms with E-state index in [0.29, 0.717) is 12.5 Å². The van der Waals surface area contributed by atoms with E-state index < -0.39 is 0 Å². The van der Waals surface area contributed by atoms with Gasteiger partial charge in [-0.1, -0.05) is 94.8 Å². The van der Waals surface area contributed by atoms with Crippen LogP contribution >= 0.6 is 0 Å². The van der Waals surface area contributed by atoms with Crippen LogP contribution in [0.3, 0.4) is 0 Å². The first-order valence-electron chi connectivity index (χ1n) is 13.0. The van der Waals surface area contributed by atoms with E-state index >= 15 is 0 Å². The van der Waals surface area contributed by atoms with Crippen LogP contribution in [0.4, 0.5) is 11.4 Å². The van der Waals surface area contributed by atoms with E-state index in [1.165, 1.54) is 28.2 Å². The van der Waals surface area contributed by atoms with E-state index in [2.05, 4.69) is 123 Å². The fourth-order valence-corrected chi connectivity index (χ4v) is 5.94. The largest absolute Gasteiger partial charge is 0.364 e. The Morgan fingerprint density at radius 1 is 0.829 bits per heavy atom. The second-order valence-electron chi connectivity index (χ2n) is 10.9. The molecule has 0 amide bonds. The summed E-state index contributed by atoms with van der Waals surface area (Å²) >= 11 is 0. The second kappa shape index (κ2) is 10.3. The SMILES string of the molecule is CN1/C(=C/C=C/C=C/C2N(CCCCCC=O)c3ccccc3C2(C)C)C(C)(C)c2ccccc21. The van der Waals surface area contributed by atoms with E-state index in [1.807, 2.05) is 0 Å². The number of carbonyl (C=O) groups is 1. The highest BCUT2D eigenvalue weighted by Gasteiger charge is 2.42. The summed E-state index contributed by atoms with van der Waals surface area (Å²) in [5.41, 5.74) is 6.79. The quantitative estimate of drug-likeness (QED) is 0.219. The molecule has 184 valence electrons. The molecule has 0 fully saturated rings. The summed E-state index contributed by atoms with van der Waals surface area (Å²) in [5, 5.41) is 0. The number of allylic oxidation sites excluding steroid dienone is 5. The molecule has 0 saturated carbocycles. The van der Waals surface area contributed by atoms with Crippen LogP contribution in [0.1, 0.15) is 64.5 Å². The topological polar surface area (TPSA) is 23.6 Å². The van der Waals surface area contributed by atoms with Crippen molar-refractivity contribution in [3.63, 3.8) is 0 Å². The standard InChI is InChI=1S/C32H40N2O/c1-31(2)25-17-11-13-19-27(25)33(5)29(31)21-9-8-10-22-30-32(3,4)26-18-12-14-20-28(26)34(30)23-15-6-7-16-24-35/h8-14,17-22,24,30H,6-7,15-16,23H2,1-5H3/b9-8+,22-10+,29-21+. The number of likely N-dealkylation sites (N-methyl/N-ethyl adjacent to an activating group) is 1. The zero-order valence-electron chi connectivity index (χ0n) is 22.0. The normalized spacial score (nSPS) is 21.3. The van der Waals surface area contributed by atoms with Crippen LogP contribution in [0.15, 0.2) is 84.6 Å². The summed E-state index contributed by atoms with van der Waals surface area (Å²) in [7, 11) is 2.16. The minimum Gasteiger partial charge on any atom is -0.364 e. The Balaban J connectivity index is 1.50. The van der Waals surface area contributed by atoms with Crippen molar-refractivity contribution in [2.45, 2.75) is 70.3 Å². The molecule has 0 aromatic heterocycles. The molecule has 0 spiro atoms. The Labute approximate surface area is 211 Å². The van der Waals surface area contributed by atoms with Crippen LogP contribution in [0.5, 0.6) is 0 Å². The van der Waals surface area contributed by atoms with Gasteiger partial charge >= 0.3 is 0 Å². The van der Waals surface area contributed by atoms with E-state index in [4.69, 9.17) is 0 Å². The van der Waals surface area contributed by atoms with Gasteiger partial charge in [-0.15, -0.1) is 0 Å². The molecule has 4 rings (SSSR count). The Morgan fingerprint density at radius 3 is 2.23 bits per heavy atom. The minimum absolute atomic E-state index is 0.00483. The van der Waals surface area contributed by atoms with Crippen molar-refractivity contribution >= 4 is 17.7 Å². The van der Waals surface area contributed by atoms with Crippen molar-refractivity contribution in [3.05, 3.63) is 95.7 Å². The van der Waals surface area contributed by atoms with Crippen molar-refractivity contribution in [1.29, 1.82) is 0 Å². The average Bonchev–Trinajstić information content (AvgIpc) is 3.18. The van der Waals surface area contributed by atoms with Gasteiger partial charge in [0.25, 0.3) is 0 Å². The van der Waals surface area contributed by atoms with Crippen LogP contribution in [-0.2, 0) is 15.6 Å². The van der Waals surface area contributed by atoms with E-state index in [-0.39, 0.29) is 10.8 Å². The van der Waals surface area contributed by atoms with Gasteiger partial charge in [0.05, 0.1) is 6.04 Å². The highest BCUT2D eigenvalue weighted by molar-refractivity contribution is 5.70. The number of unbranched alkanes of at least 4 members (excludes halogenated alkanes) is 3. The van der Waals surface area contributed by atoms with Gasteiger partial charge < -0.3 is 14.6 Å². The Bertz CT molecular complexity index is 1140. The number of hydrogen-bond acceptors (Lipinski definition) is 3. The fourth-order valence-electron chi connectivity index (χ4n) is 5.94. The van der Waals surface area contributed by atoms with Gasteiger partial charge in [0, 0.05) is 47.9 Å². The third kappa shape index (κ3) is 4.74. The average molecular weight is 469 g/mol. The van der Waals surface area contributed by atoms with Gasteiger partial charge in [0.15, 0.2) is 0 Å². The van der Waals surface area contributed by atoms with Gasteiger partial charge in [0.2, 0.25) is 0 Å². The van der Waals surface area contributed by atoms with Gasteiger partial charge in [-0.05, 0) is 42.2 Å². The van der Waals surface area contributed by atoms with Gasteiger partial charge in [-0.2, -0.15) is 0 Å². The lowest BCUT2D eigenvalue weighted by molar-refractivity contribution is -0.107. The first-order chi connectivity index (χ1) is 16.8. The predicted molar refractivity (Wildman–Crippen MR) is 149 cm³/mol. The van der Waals surface area contributed by atoms with Crippen LogP contribution in [-0.4, -0.2) is 25.9 Å². The molecule has 2 aromatic rings. The number of aldehydes is 1. The monoisotopic (exact) mass is 468 g/mol. The third-order valence-electron chi connectivity index (χ3n) is 7.91. The van der Waals surface area contributed by atoms with Crippen LogP contribution in [0, 0.1) is 0 Å². The maximum atomic E-state index is 10.7. The summed E-state index contributed by atoms with van der Waals surface area (Å²) in [5.74, 6) is 0. The third-order valence-corrected chi connectivity index (χ3v) is 7.91. The number of nitrogens with zero attached hydrogens (tertiary/aromatic N) is 2. The lowest BCUT2D eigenvalue weighted by atomic mass is 9.80. The maximum absolute atomic E-state index is 10.7. The highest BCUT2D eigenvalue weighted by atomic mass is 16.1. The second-order valence-corrected chi connectivity index (χ2v) is 10.9. The summed E-state index contributed by atoms with van der Waals surface area (Å²) in [4.78, 5) is 15.5. The zero-order valence-corrected chi connectivity index (χ0v) is 22.0. The molecule has 2 aliphatic rings. The number of carbonyl (C=O) groups excluding carboxylic acids is 1. The highest BCUT2D eigenvalue weighted by Crippen LogP contribution is 2.47. The molecule has 35 heavy (non-hydrogen) atoms. The maximum Gasteiger partial charge on any atom is 0.119 e. The molecular weight excluding hydrogens is 428 g/mol. The molecule has 0 aliphatic carbocycles. The molecule has 2 heterocycles. The number of benzene rings is 2. The molecule has 2 aromatic carbocycles. The van der Waals surface area contributed by atoms with Gasteiger partial charge in [0.1, 0.15) is 6.29 Å². The molecule has 2 aliphatic heterocycles. The minimum atomic E-state index is -0.00483. The Morgan fingerprint density at radius 2 is 1.51 bits per heavy atom. The summed E-state index contributed by atoms with van der Waals surface area (Å²) in [6.07, 6.45) is 16.0. The molecule has 0 bridgehead atoms. The number of hydrogen-bond donors (Lipinski definition) is 0. The van der Waals surface area contributed by atoms with Crippen molar-refractivity contribution in [2.75, 3.05) is 23.4 Å². The fraction of sp³-hybridized carbons (Fsp3) is 0.406. The van der Waals surface area contributed by atoms with E-state index in [1.54, 1.807) is 0 Å². The van der Waals surface area contributed by atoms with Crippen molar-refractivity contribution in [1.82, 2.24) is 0 Å². The molecule has 0 saturated heterocycles. The van der Waals surface area contributed by atoms with Gasteiger partial charge in [-0.3, -0.25) is 0 Å². The number of para-hydroxylation sites is 2. The smallest absolute Gasteiger partial charge is 0.119 e. The lowest BCUT2D eigenvalue weighted by Crippen LogP contribution is -2.40. The van der Waals surface area contributed by atoms with Crippen LogP contribution in [0.25, 0.3) is 0 Å². The molecule has 0 radical (unpaired) electrons. The van der Waals surface area contributed by atoms with E-state index in [0.717, 1.165) is 32.1 Å².